The van der Waals surface area contributed by atoms with Gasteiger partial charge >= 0.3 is 6.16 Å². The average molecular weight is 282 g/mol. The van der Waals surface area contributed by atoms with E-state index in [1.54, 1.807) is 6.07 Å². The van der Waals surface area contributed by atoms with Crippen LogP contribution < -0.4 is 9.47 Å². The van der Waals surface area contributed by atoms with Crippen molar-refractivity contribution in [2.45, 2.75) is 46.0 Å². The minimum absolute atomic E-state index is 0.0946. The minimum Gasteiger partial charge on any atom is -0.502 e. The predicted octanol–water partition coefficient (Wildman–Crippen LogP) is 3.97. The molecular formula is C15H22O5. The Morgan fingerprint density at radius 2 is 1.95 bits per heavy atom. The lowest BCUT2D eigenvalue weighted by atomic mass is 10.1. The second kappa shape index (κ2) is 8.30. The van der Waals surface area contributed by atoms with Crippen LogP contribution in [0.25, 0.3) is 0 Å². The highest BCUT2D eigenvalue weighted by Crippen LogP contribution is 2.39. The van der Waals surface area contributed by atoms with Crippen molar-refractivity contribution in [3.05, 3.63) is 17.7 Å². The van der Waals surface area contributed by atoms with Crippen LogP contribution in [0.1, 0.15) is 45.1 Å². The highest BCUT2D eigenvalue weighted by molar-refractivity contribution is 5.65. The molecule has 0 aliphatic carbocycles. The molecule has 0 saturated heterocycles. The summed E-state index contributed by atoms with van der Waals surface area (Å²) in [5, 5.41) is 18.7. The van der Waals surface area contributed by atoms with Crippen molar-refractivity contribution in [3.8, 4) is 17.2 Å². The Hall–Kier alpha value is -1.91. The standard InChI is InChI=1S/C15H22O5/c1-3-5-6-10-19-14-11(7-4-2)8-9-12(13(14)16)20-15(17)18/h8-9,16H,3-7,10H2,1-2H3,(H,17,18). The van der Waals surface area contributed by atoms with Crippen molar-refractivity contribution in [2.75, 3.05) is 6.61 Å². The quantitative estimate of drug-likeness (QED) is 0.428. The first-order chi connectivity index (χ1) is 9.60. The maximum Gasteiger partial charge on any atom is 0.511 e. The molecule has 5 heteroatoms. The van der Waals surface area contributed by atoms with Crippen molar-refractivity contribution in [1.29, 1.82) is 0 Å². The van der Waals surface area contributed by atoms with Crippen LogP contribution >= 0.6 is 0 Å². The Bertz CT molecular complexity index is 442. The Morgan fingerprint density at radius 3 is 2.55 bits per heavy atom. The lowest BCUT2D eigenvalue weighted by molar-refractivity contribution is 0.142. The minimum atomic E-state index is -1.46. The van der Waals surface area contributed by atoms with Gasteiger partial charge in [-0.2, -0.15) is 0 Å². The second-order valence-electron chi connectivity index (χ2n) is 4.57. The largest absolute Gasteiger partial charge is 0.511 e. The van der Waals surface area contributed by atoms with Gasteiger partial charge in [-0.3, -0.25) is 0 Å². The molecule has 0 unspecified atom stereocenters. The van der Waals surface area contributed by atoms with E-state index in [0.717, 1.165) is 37.7 Å². The molecule has 0 saturated carbocycles. The van der Waals surface area contributed by atoms with Crippen LogP contribution in [0.4, 0.5) is 4.79 Å². The molecule has 0 amide bonds. The number of aryl methyl sites for hydroxylation is 1. The van der Waals surface area contributed by atoms with Gasteiger partial charge in [0.1, 0.15) is 0 Å². The number of benzene rings is 1. The number of phenols is 1. The molecule has 0 aliphatic heterocycles. The van der Waals surface area contributed by atoms with Crippen LogP contribution in [-0.4, -0.2) is 23.0 Å². The Morgan fingerprint density at radius 1 is 1.20 bits per heavy atom. The van der Waals surface area contributed by atoms with Gasteiger partial charge in [0.25, 0.3) is 0 Å². The zero-order chi connectivity index (χ0) is 15.0. The molecule has 0 aromatic heterocycles. The molecule has 0 atom stereocenters. The molecule has 0 bridgehead atoms. The average Bonchev–Trinajstić information content (AvgIpc) is 2.40. The first-order valence-electron chi connectivity index (χ1n) is 6.98. The number of rotatable bonds is 8. The Labute approximate surface area is 119 Å². The lowest BCUT2D eigenvalue weighted by Gasteiger charge is -2.14. The van der Waals surface area contributed by atoms with E-state index in [-0.39, 0.29) is 11.5 Å². The third-order valence-electron chi connectivity index (χ3n) is 2.89. The summed E-state index contributed by atoms with van der Waals surface area (Å²) in [4.78, 5) is 10.6. The van der Waals surface area contributed by atoms with Crippen molar-refractivity contribution in [1.82, 2.24) is 0 Å². The fourth-order valence-electron chi connectivity index (χ4n) is 1.92. The van der Waals surface area contributed by atoms with Gasteiger partial charge < -0.3 is 19.7 Å². The maximum absolute atomic E-state index is 10.6. The lowest BCUT2D eigenvalue weighted by Crippen LogP contribution is -2.06. The highest BCUT2D eigenvalue weighted by Gasteiger charge is 2.16. The van der Waals surface area contributed by atoms with E-state index in [9.17, 15) is 9.90 Å². The summed E-state index contributed by atoms with van der Waals surface area (Å²) < 4.78 is 10.2. The van der Waals surface area contributed by atoms with Gasteiger partial charge in [-0.25, -0.2) is 4.79 Å². The molecule has 0 fully saturated rings. The normalized spacial score (nSPS) is 10.3. The number of carboxylic acid groups (broad SMARTS) is 1. The van der Waals surface area contributed by atoms with Crippen LogP contribution in [-0.2, 0) is 6.42 Å². The van der Waals surface area contributed by atoms with E-state index < -0.39 is 6.16 Å². The van der Waals surface area contributed by atoms with Gasteiger partial charge in [-0.1, -0.05) is 39.2 Å². The van der Waals surface area contributed by atoms with E-state index in [2.05, 4.69) is 11.7 Å². The number of ether oxygens (including phenoxy) is 2. The highest BCUT2D eigenvalue weighted by atomic mass is 16.7. The summed E-state index contributed by atoms with van der Waals surface area (Å²) in [6.45, 7) is 4.62. The molecular weight excluding hydrogens is 260 g/mol. The topological polar surface area (TPSA) is 76.0 Å². The van der Waals surface area contributed by atoms with Crippen molar-refractivity contribution < 1.29 is 24.5 Å². The van der Waals surface area contributed by atoms with Crippen LogP contribution in [0.2, 0.25) is 0 Å². The molecule has 1 aromatic carbocycles. The fourth-order valence-corrected chi connectivity index (χ4v) is 1.92. The summed E-state index contributed by atoms with van der Waals surface area (Å²) in [7, 11) is 0. The number of hydrogen-bond donors (Lipinski definition) is 2. The molecule has 1 aromatic rings. The summed E-state index contributed by atoms with van der Waals surface area (Å²) >= 11 is 0. The van der Waals surface area contributed by atoms with Gasteiger partial charge in [-0.05, 0) is 24.5 Å². The number of carbonyl (C=O) groups is 1. The smallest absolute Gasteiger partial charge is 0.502 e. The van der Waals surface area contributed by atoms with Crippen LogP contribution in [0.15, 0.2) is 12.1 Å². The van der Waals surface area contributed by atoms with Gasteiger partial charge in [0.2, 0.25) is 5.75 Å². The number of hydrogen-bond acceptors (Lipinski definition) is 4. The number of phenolic OH excluding ortho intramolecular Hbond substituents is 1. The van der Waals surface area contributed by atoms with Crippen LogP contribution in [0.3, 0.4) is 0 Å². The Kier molecular flexibility index (Phi) is 6.70. The summed E-state index contributed by atoms with van der Waals surface area (Å²) in [5.74, 6) is -0.000559. The van der Waals surface area contributed by atoms with E-state index in [4.69, 9.17) is 9.84 Å². The third kappa shape index (κ3) is 4.64. The van der Waals surface area contributed by atoms with Crippen LogP contribution in [0.5, 0.6) is 17.2 Å². The molecule has 2 N–H and O–H groups in total. The van der Waals surface area contributed by atoms with Crippen LogP contribution in [0, 0.1) is 0 Å². The van der Waals surface area contributed by atoms with E-state index in [1.165, 1.54) is 6.07 Å². The fraction of sp³-hybridized carbons (Fsp3) is 0.533. The monoisotopic (exact) mass is 282 g/mol. The molecule has 0 heterocycles. The molecule has 0 aliphatic rings. The van der Waals surface area contributed by atoms with Crippen molar-refractivity contribution in [2.24, 2.45) is 0 Å². The van der Waals surface area contributed by atoms with Crippen molar-refractivity contribution >= 4 is 6.16 Å². The summed E-state index contributed by atoms with van der Waals surface area (Å²) in [6, 6.07) is 3.18. The zero-order valence-corrected chi connectivity index (χ0v) is 12.0. The number of unbranched alkanes of at least 4 members (excludes halogenated alkanes) is 2. The van der Waals surface area contributed by atoms with Gasteiger partial charge in [0.15, 0.2) is 11.5 Å². The van der Waals surface area contributed by atoms with Gasteiger partial charge in [0.05, 0.1) is 6.61 Å². The second-order valence-corrected chi connectivity index (χ2v) is 4.57. The summed E-state index contributed by atoms with van der Waals surface area (Å²) in [5.41, 5.74) is 0.860. The van der Waals surface area contributed by atoms with E-state index in [1.807, 2.05) is 6.92 Å². The maximum atomic E-state index is 10.6. The SMILES string of the molecule is CCCCCOc1c(CCC)ccc(OC(=O)O)c1O. The first kappa shape index (κ1) is 16.1. The zero-order valence-electron chi connectivity index (χ0n) is 12.0. The van der Waals surface area contributed by atoms with Gasteiger partial charge in [0, 0.05) is 0 Å². The van der Waals surface area contributed by atoms with E-state index in [0.29, 0.717) is 12.4 Å². The molecule has 5 nitrogen and oxygen atoms in total. The molecule has 112 valence electrons. The Balaban J connectivity index is 2.91. The third-order valence-corrected chi connectivity index (χ3v) is 2.89. The molecule has 1 rings (SSSR count). The molecule has 20 heavy (non-hydrogen) atoms. The van der Waals surface area contributed by atoms with E-state index >= 15 is 0 Å². The van der Waals surface area contributed by atoms with Crippen molar-refractivity contribution in [3.63, 3.8) is 0 Å². The van der Waals surface area contributed by atoms with Gasteiger partial charge in [-0.15, -0.1) is 0 Å². The number of aromatic hydroxyl groups is 1. The predicted molar refractivity (Wildman–Crippen MR) is 75.8 cm³/mol. The first-order valence-corrected chi connectivity index (χ1v) is 6.98. The summed E-state index contributed by atoms with van der Waals surface area (Å²) in [6.07, 6.45) is 3.23. The molecule has 0 radical (unpaired) electrons. The molecule has 0 spiro atoms.